The SMILES string of the molecule is CCOC(=O)c1cc(CNC(=O)OC(C)(C)C)cc(C(F)(F)F)n1. The number of aromatic nitrogens is 1. The molecule has 134 valence electrons. The molecule has 0 saturated carbocycles. The lowest BCUT2D eigenvalue weighted by Crippen LogP contribution is -2.32. The zero-order valence-corrected chi connectivity index (χ0v) is 13.8. The van der Waals surface area contributed by atoms with Gasteiger partial charge in [0.2, 0.25) is 0 Å². The molecule has 0 aliphatic carbocycles. The molecule has 1 aromatic rings. The van der Waals surface area contributed by atoms with E-state index >= 15 is 0 Å². The Kier molecular flexibility index (Phi) is 6.16. The molecule has 1 amide bonds. The molecule has 0 radical (unpaired) electrons. The van der Waals surface area contributed by atoms with Crippen LogP contribution < -0.4 is 5.32 Å². The predicted octanol–water partition coefficient (Wildman–Crippen LogP) is 3.30. The van der Waals surface area contributed by atoms with Gasteiger partial charge in [-0.05, 0) is 45.4 Å². The van der Waals surface area contributed by atoms with E-state index in [1.165, 1.54) is 6.92 Å². The lowest BCUT2D eigenvalue weighted by Gasteiger charge is -2.19. The number of hydrogen-bond donors (Lipinski definition) is 1. The van der Waals surface area contributed by atoms with Gasteiger partial charge < -0.3 is 14.8 Å². The first kappa shape index (κ1) is 19.7. The van der Waals surface area contributed by atoms with Crippen LogP contribution >= 0.6 is 0 Å². The first-order valence-corrected chi connectivity index (χ1v) is 7.14. The van der Waals surface area contributed by atoms with Gasteiger partial charge in [0.1, 0.15) is 17.0 Å². The van der Waals surface area contributed by atoms with Gasteiger partial charge in [0.15, 0.2) is 0 Å². The van der Waals surface area contributed by atoms with Crippen LogP contribution in [0.1, 0.15) is 49.4 Å². The van der Waals surface area contributed by atoms with Crippen LogP contribution in [-0.2, 0) is 22.2 Å². The van der Waals surface area contributed by atoms with E-state index < -0.39 is 35.2 Å². The first-order valence-electron chi connectivity index (χ1n) is 7.14. The van der Waals surface area contributed by atoms with Crippen LogP contribution in [0.15, 0.2) is 12.1 Å². The highest BCUT2D eigenvalue weighted by molar-refractivity contribution is 5.87. The van der Waals surface area contributed by atoms with Gasteiger partial charge in [0.25, 0.3) is 0 Å². The number of alkyl halides is 3. The molecule has 0 aliphatic heterocycles. The molecule has 0 saturated heterocycles. The average molecular weight is 348 g/mol. The molecule has 24 heavy (non-hydrogen) atoms. The van der Waals surface area contributed by atoms with Gasteiger partial charge in [-0.15, -0.1) is 0 Å². The summed E-state index contributed by atoms with van der Waals surface area (Å²) in [5, 5.41) is 2.32. The predicted molar refractivity (Wildman–Crippen MR) is 78.3 cm³/mol. The number of nitrogens with one attached hydrogen (secondary N) is 1. The summed E-state index contributed by atoms with van der Waals surface area (Å²) in [6.07, 6.45) is -5.52. The van der Waals surface area contributed by atoms with Crippen LogP contribution in [0.4, 0.5) is 18.0 Å². The molecule has 0 fully saturated rings. The van der Waals surface area contributed by atoms with E-state index in [4.69, 9.17) is 4.74 Å². The van der Waals surface area contributed by atoms with Crippen molar-refractivity contribution >= 4 is 12.1 Å². The van der Waals surface area contributed by atoms with Crippen LogP contribution in [-0.4, -0.2) is 29.3 Å². The van der Waals surface area contributed by atoms with Gasteiger partial charge in [-0.1, -0.05) is 0 Å². The number of esters is 1. The van der Waals surface area contributed by atoms with Crippen LogP contribution in [0.3, 0.4) is 0 Å². The molecule has 0 unspecified atom stereocenters. The van der Waals surface area contributed by atoms with Crippen molar-refractivity contribution in [2.75, 3.05) is 6.61 Å². The topological polar surface area (TPSA) is 77.5 Å². The number of carbonyl (C=O) groups is 2. The second-order valence-corrected chi connectivity index (χ2v) is 5.82. The van der Waals surface area contributed by atoms with Gasteiger partial charge in [0.05, 0.1) is 6.61 Å². The van der Waals surface area contributed by atoms with Crippen molar-refractivity contribution in [3.8, 4) is 0 Å². The minimum atomic E-state index is -4.73. The number of amides is 1. The van der Waals surface area contributed by atoms with Gasteiger partial charge in [-0.3, -0.25) is 0 Å². The molecule has 0 atom stereocenters. The molecular weight excluding hydrogens is 329 g/mol. The summed E-state index contributed by atoms with van der Waals surface area (Å²) in [7, 11) is 0. The lowest BCUT2D eigenvalue weighted by molar-refractivity contribution is -0.141. The number of nitrogens with zero attached hydrogens (tertiary/aromatic N) is 1. The quantitative estimate of drug-likeness (QED) is 0.845. The fourth-order valence-electron chi connectivity index (χ4n) is 1.63. The van der Waals surface area contributed by atoms with Crippen LogP contribution in [0.2, 0.25) is 0 Å². The summed E-state index contributed by atoms with van der Waals surface area (Å²) in [5.41, 5.74) is -2.41. The monoisotopic (exact) mass is 348 g/mol. The molecule has 0 aliphatic rings. The molecule has 9 heteroatoms. The highest BCUT2D eigenvalue weighted by atomic mass is 19.4. The van der Waals surface area contributed by atoms with E-state index in [-0.39, 0.29) is 18.7 Å². The number of rotatable bonds is 4. The third kappa shape index (κ3) is 6.43. The standard InChI is InChI=1S/C15H19F3N2O4/c1-5-23-12(21)10-6-9(7-11(20-10)15(16,17)18)8-19-13(22)24-14(2,3)4/h6-7H,5,8H2,1-4H3,(H,19,22). The Morgan fingerprint density at radius 2 is 1.83 bits per heavy atom. The number of pyridine rings is 1. The second-order valence-electron chi connectivity index (χ2n) is 5.82. The summed E-state index contributed by atoms with van der Waals surface area (Å²) in [6.45, 7) is 6.23. The van der Waals surface area contributed by atoms with Crippen molar-refractivity contribution in [3.05, 3.63) is 29.1 Å². The van der Waals surface area contributed by atoms with Crippen molar-refractivity contribution in [1.82, 2.24) is 10.3 Å². The zero-order chi connectivity index (χ0) is 18.5. The second kappa shape index (κ2) is 7.50. The fourth-order valence-corrected chi connectivity index (χ4v) is 1.63. The van der Waals surface area contributed by atoms with Gasteiger partial charge in [-0.25, -0.2) is 14.6 Å². The molecule has 1 N–H and O–H groups in total. The molecule has 1 rings (SSSR count). The van der Waals surface area contributed by atoms with E-state index in [0.717, 1.165) is 12.1 Å². The van der Waals surface area contributed by atoms with E-state index in [1.807, 2.05) is 0 Å². The molecule has 1 heterocycles. The lowest BCUT2D eigenvalue weighted by atomic mass is 10.1. The van der Waals surface area contributed by atoms with Crippen LogP contribution in [0, 0.1) is 0 Å². The highest BCUT2D eigenvalue weighted by Gasteiger charge is 2.34. The Morgan fingerprint density at radius 3 is 2.33 bits per heavy atom. The van der Waals surface area contributed by atoms with Gasteiger partial charge >= 0.3 is 18.2 Å². The van der Waals surface area contributed by atoms with Crippen molar-refractivity contribution in [2.45, 2.75) is 46.0 Å². The van der Waals surface area contributed by atoms with Crippen LogP contribution in [0.5, 0.6) is 0 Å². The number of ether oxygens (including phenoxy) is 2. The van der Waals surface area contributed by atoms with Crippen molar-refractivity contribution in [3.63, 3.8) is 0 Å². The maximum Gasteiger partial charge on any atom is 0.433 e. The minimum Gasteiger partial charge on any atom is -0.461 e. The smallest absolute Gasteiger partial charge is 0.433 e. The van der Waals surface area contributed by atoms with E-state index in [9.17, 15) is 22.8 Å². The number of halogens is 3. The summed E-state index contributed by atoms with van der Waals surface area (Å²) >= 11 is 0. The fraction of sp³-hybridized carbons (Fsp3) is 0.533. The Morgan fingerprint density at radius 1 is 1.21 bits per heavy atom. The van der Waals surface area contributed by atoms with Gasteiger partial charge in [0, 0.05) is 6.54 Å². The van der Waals surface area contributed by atoms with Crippen LogP contribution in [0.25, 0.3) is 0 Å². The number of alkyl carbamates (subject to hydrolysis) is 1. The Labute approximate surface area is 137 Å². The van der Waals surface area contributed by atoms with Crippen molar-refractivity contribution in [2.24, 2.45) is 0 Å². The highest BCUT2D eigenvalue weighted by Crippen LogP contribution is 2.28. The summed E-state index contributed by atoms with van der Waals surface area (Å²) in [4.78, 5) is 26.5. The van der Waals surface area contributed by atoms with Crippen molar-refractivity contribution in [1.29, 1.82) is 0 Å². The van der Waals surface area contributed by atoms with E-state index in [0.29, 0.717) is 0 Å². The minimum absolute atomic E-state index is 0.00223. The Bertz CT molecular complexity index is 610. The molecule has 0 aromatic carbocycles. The normalized spacial score (nSPS) is 11.8. The zero-order valence-electron chi connectivity index (χ0n) is 13.8. The number of hydrogen-bond acceptors (Lipinski definition) is 5. The molecular formula is C15H19F3N2O4. The first-order chi connectivity index (χ1) is 10.9. The number of carbonyl (C=O) groups excluding carboxylic acids is 2. The maximum absolute atomic E-state index is 12.9. The molecule has 1 aromatic heterocycles. The third-order valence-corrected chi connectivity index (χ3v) is 2.50. The maximum atomic E-state index is 12.9. The largest absolute Gasteiger partial charge is 0.461 e. The third-order valence-electron chi connectivity index (χ3n) is 2.50. The van der Waals surface area contributed by atoms with E-state index in [1.54, 1.807) is 20.8 Å². The Hall–Kier alpha value is -2.32. The average Bonchev–Trinajstić information content (AvgIpc) is 2.42. The molecule has 6 nitrogen and oxygen atoms in total. The summed E-state index contributed by atoms with van der Waals surface area (Å²) in [6, 6.07) is 1.88. The Balaban J connectivity index is 2.99. The van der Waals surface area contributed by atoms with Crippen molar-refractivity contribution < 1.29 is 32.2 Å². The van der Waals surface area contributed by atoms with E-state index in [2.05, 4.69) is 15.0 Å². The molecule has 0 bridgehead atoms. The summed E-state index contributed by atoms with van der Waals surface area (Å²) in [5.74, 6) is -0.970. The summed E-state index contributed by atoms with van der Waals surface area (Å²) < 4.78 is 48.3. The van der Waals surface area contributed by atoms with Gasteiger partial charge in [-0.2, -0.15) is 13.2 Å². The molecule has 0 spiro atoms.